The van der Waals surface area contributed by atoms with Gasteiger partial charge in [-0.1, -0.05) is 72.1 Å². The molecule has 1 atom stereocenters. The van der Waals surface area contributed by atoms with Crippen LogP contribution >= 0.6 is 23.2 Å². The number of halogens is 2. The molecule has 0 bridgehead atoms. The first kappa shape index (κ1) is 31.5. The molecule has 3 aromatic rings. The number of nitrogens with zero attached hydrogens (tertiary/aromatic N) is 2. The van der Waals surface area contributed by atoms with Gasteiger partial charge in [0.25, 0.3) is 10.0 Å². The normalized spacial score (nSPS) is 12.5. The summed E-state index contributed by atoms with van der Waals surface area (Å²) in [7, 11) is -4.13. The number of rotatable bonds is 10. The van der Waals surface area contributed by atoms with Crippen molar-refractivity contribution in [3.8, 4) is 0 Å². The number of hydrogen-bond donors (Lipinski definition) is 1. The highest BCUT2D eigenvalue weighted by Gasteiger charge is 2.34. The SMILES string of the molecule is CC[C@@H](C(=O)NC(C)(C)C)N(Cc1ccc(Cl)cc1Cl)C(=O)CN(c1ccccc1)S(=O)(=O)c1ccc(C)cc1. The summed E-state index contributed by atoms with van der Waals surface area (Å²) in [6.45, 7) is 8.68. The van der Waals surface area contributed by atoms with Gasteiger partial charge in [0, 0.05) is 22.1 Å². The molecule has 3 rings (SSSR count). The van der Waals surface area contributed by atoms with Crippen LogP contribution in [0, 0.1) is 6.92 Å². The van der Waals surface area contributed by atoms with Gasteiger partial charge in [-0.3, -0.25) is 13.9 Å². The Morgan fingerprint density at radius 1 is 0.950 bits per heavy atom. The molecule has 0 aliphatic heterocycles. The number of sulfonamides is 1. The first-order valence-corrected chi connectivity index (χ1v) is 15.1. The van der Waals surface area contributed by atoms with Crippen molar-refractivity contribution in [1.29, 1.82) is 0 Å². The summed E-state index contributed by atoms with van der Waals surface area (Å²) in [4.78, 5) is 28.9. The lowest BCUT2D eigenvalue weighted by Gasteiger charge is -2.35. The van der Waals surface area contributed by atoms with Crippen LogP contribution in [0.25, 0.3) is 0 Å². The van der Waals surface area contributed by atoms with Crippen LogP contribution < -0.4 is 9.62 Å². The van der Waals surface area contributed by atoms with E-state index in [9.17, 15) is 18.0 Å². The summed E-state index contributed by atoms with van der Waals surface area (Å²) in [6, 6.07) is 18.9. The third-order valence-corrected chi connectivity index (χ3v) is 8.55. The summed E-state index contributed by atoms with van der Waals surface area (Å²) >= 11 is 12.5. The van der Waals surface area contributed by atoms with Gasteiger partial charge in [0.05, 0.1) is 10.6 Å². The maximum Gasteiger partial charge on any atom is 0.264 e. The zero-order valence-corrected chi connectivity index (χ0v) is 25.6. The highest BCUT2D eigenvalue weighted by Crippen LogP contribution is 2.27. The number of aryl methyl sites for hydroxylation is 1. The number of carbonyl (C=O) groups is 2. The lowest BCUT2D eigenvalue weighted by atomic mass is 10.1. The van der Waals surface area contributed by atoms with Gasteiger partial charge in [0.2, 0.25) is 11.8 Å². The van der Waals surface area contributed by atoms with Gasteiger partial charge in [-0.2, -0.15) is 0 Å². The Bertz CT molecular complexity index is 1440. The first-order chi connectivity index (χ1) is 18.7. The van der Waals surface area contributed by atoms with Crippen LogP contribution in [-0.2, 0) is 26.2 Å². The van der Waals surface area contributed by atoms with E-state index in [0.29, 0.717) is 27.7 Å². The Labute approximate surface area is 247 Å². The Morgan fingerprint density at radius 3 is 2.12 bits per heavy atom. The maximum absolute atomic E-state index is 14.1. The Hall–Kier alpha value is -3.07. The number of hydrogen-bond acceptors (Lipinski definition) is 4. The van der Waals surface area contributed by atoms with E-state index < -0.39 is 34.1 Å². The Kier molecular flexibility index (Phi) is 10.3. The molecular formula is C30H35Cl2N3O4S. The van der Waals surface area contributed by atoms with E-state index >= 15 is 0 Å². The molecule has 2 amide bonds. The fraction of sp³-hybridized carbons (Fsp3) is 0.333. The smallest absolute Gasteiger partial charge is 0.264 e. The molecule has 0 fully saturated rings. The van der Waals surface area contributed by atoms with E-state index in [-0.39, 0.29) is 17.3 Å². The van der Waals surface area contributed by atoms with Gasteiger partial charge in [-0.05, 0) is 76.1 Å². The lowest BCUT2D eigenvalue weighted by Crippen LogP contribution is -2.55. The molecule has 0 aliphatic rings. The van der Waals surface area contributed by atoms with E-state index in [1.807, 2.05) is 27.7 Å². The van der Waals surface area contributed by atoms with Crippen LogP contribution in [0.4, 0.5) is 5.69 Å². The van der Waals surface area contributed by atoms with Crippen molar-refractivity contribution in [2.24, 2.45) is 0 Å². The van der Waals surface area contributed by atoms with Gasteiger partial charge in [0.1, 0.15) is 12.6 Å². The minimum Gasteiger partial charge on any atom is -0.350 e. The summed E-state index contributed by atoms with van der Waals surface area (Å²) in [6.07, 6.45) is 0.301. The molecule has 0 saturated heterocycles. The molecule has 3 aromatic carbocycles. The highest BCUT2D eigenvalue weighted by molar-refractivity contribution is 7.92. The van der Waals surface area contributed by atoms with E-state index in [0.717, 1.165) is 9.87 Å². The predicted molar refractivity (Wildman–Crippen MR) is 161 cm³/mol. The van der Waals surface area contributed by atoms with E-state index in [1.54, 1.807) is 67.6 Å². The molecule has 0 saturated carbocycles. The van der Waals surface area contributed by atoms with Crippen molar-refractivity contribution in [2.45, 2.75) is 64.1 Å². The summed E-state index contributed by atoms with van der Waals surface area (Å²) in [5.41, 5.74) is 1.27. The number of anilines is 1. The molecular weight excluding hydrogens is 569 g/mol. The number of amides is 2. The Balaban J connectivity index is 2.07. The van der Waals surface area contributed by atoms with Crippen molar-refractivity contribution in [3.05, 3.63) is 94.0 Å². The average Bonchev–Trinajstić information content (AvgIpc) is 2.88. The number of carbonyl (C=O) groups excluding carboxylic acids is 2. The summed E-state index contributed by atoms with van der Waals surface area (Å²) < 4.78 is 28.8. The molecule has 0 spiro atoms. The van der Waals surface area contributed by atoms with Crippen LogP contribution in [0.3, 0.4) is 0 Å². The number of nitrogens with one attached hydrogen (secondary N) is 1. The molecule has 0 aliphatic carbocycles. The quantitative estimate of drug-likeness (QED) is 0.298. The van der Waals surface area contributed by atoms with Crippen molar-refractivity contribution in [1.82, 2.24) is 10.2 Å². The van der Waals surface area contributed by atoms with Crippen molar-refractivity contribution in [3.63, 3.8) is 0 Å². The minimum atomic E-state index is -4.13. The van der Waals surface area contributed by atoms with Gasteiger partial charge >= 0.3 is 0 Å². The van der Waals surface area contributed by atoms with Gasteiger partial charge < -0.3 is 10.2 Å². The molecule has 214 valence electrons. The molecule has 0 unspecified atom stereocenters. The standard InChI is InChI=1S/C30H35Cl2N3O4S/c1-6-27(29(37)33-30(3,4)5)34(19-22-14-15-23(31)18-26(22)32)28(36)20-35(24-10-8-7-9-11-24)40(38,39)25-16-12-21(2)13-17-25/h7-18,27H,6,19-20H2,1-5H3,(H,33,37)/t27-/m0/s1. The summed E-state index contributed by atoms with van der Waals surface area (Å²) in [5.74, 6) is -0.900. The van der Waals surface area contributed by atoms with Crippen molar-refractivity contribution < 1.29 is 18.0 Å². The molecule has 1 N–H and O–H groups in total. The van der Waals surface area contributed by atoms with Crippen LogP contribution in [0.5, 0.6) is 0 Å². The monoisotopic (exact) mass is 603 g/mol. The topological polar surface area (TPSA) is 86.8 Å². The van der Waals surface area contributed by atoms with Gasteiger partial charge in [-0.25, -0.2) is 8.42 Å². The minimum absolute atomic E-state index is 0.0158. The largest absolute Gasteiger partial charge is 0.350 e. The first-order valence-electron chi connectivity index (χ1n) is 12.9. The fourth-order valence-electron chi connectivity index (χ4n) is 4.17. The average molecular weight is 605 g/mol. The molecule has 0 radical (unpaired) electrons. The highest BCUT2D eigenvalue weighted by atomic mass is 35.5. The van der Waals surface area contributed by atoms with Crippen LogP contribution in [-0.4, -0.2) is 43.3 Å². The second-order valence-corrected chi connectivity index (χ2v) is 13.3. The van der Waals surface area contributed by atoms with Crippen molar-refractivity contribution >= 4 is 50.7 Å². The molecule has 0 heterocycles. The van der Waals surface area contributed by atoms with Crippen LogP contribution in [0.15, 0.2) is 77.7 Å². The molecule has 7 nitrogen and oxygen atoms in total. The third kappa shape index (κ3) is 7.99. The Morgan fingerprint density at radius 2 is 1.57 bits per heavy atom. The second-order valence-electron chi connectivity index (χ2n) is 10.6. The van der Waals surface area contributed by atoms with Gasteiger partial charge in [0.15, 0.2) is 0 Å². The maximum atomic E-state index is 14.1. The second kappa shape index (κ2) is 13.1. The fourth-order valence-corrected chi connectivity index (χ4v) is 6.05. The van der Waals surface area contributed by atoms with Crippen molar-refractivity contribution in [2.75, 3.05) is 10.8 Å². The zero-order valence-electron chi connectivity index (χ0n) is 23.3. The third-order valence-electron chi connectivity index (χ3n) is 6.17. The number of para-hydroxylation sites is 1. The number of benzene rings is 3. The predicted octanol–water partition coefficient (Wildman–Crippen LogP) is 6.22. The van der Waals surface area contributed by atoms with E-state index in [1.165, 1.54) is 17.0 Å². The van der Waals surface area contributed by atoms with E-state index in [2.05, 4.69) is 5.32 Å². The summed E-state index contributed by atoms with van der Waals surface area (Å²) in [5, 5.41) is 3.71. The van der Waals surface area contributed by atoms with E-state index in [4.69, 9.17) is 23.2 Å². The van der Waals surface area contributed by atoms with Gasteiger partial charge in [-0.15, -0.1) is 0 Å². The van der Waals surface area contributed by atoms with Crippen LogP contribution in [0.1, 0.15) is 45.2 Å². The van der Waals surface area contributed by atoms with Crippen LogP contribution in [0.2, 0.25) is 10.0 Å². The molecule has 10 heteroatoms. The lowest BCUT2D eigenvalue weighted by molar-refractivity contribution is -0.141. The molecule has 0 aromatic heterocycles. The molecule has 40 heavy (non-hydrogen) atoms. The zero-order chi connectivity index (χ0) is 29.7.